The van der Waals surface area contributed by atoms with E-state index in [4.69, 9.17) is 16.0 Å². The van der Waals surface area contributed by atoms with E-state index in [-0.39, 0.29) is 11.5 Å². The molecule has 0 aliphatic heterocycles. The number of benzene rings is 3. The number of para-hydroxylation sites is 2. The number of carbonyl (C=O) groups is 1. The number of anilines is 1. The van der Waals surface area contributed by atoms with Gasteiger partial charge < -0.3 is 9.73 Å². The quantitative estimate of drug-likeness (QED) is 0.476. The predicted molar refractivity (Wildman–Crippen MR) is 112 cm³/mol. The number of halogens is 1. The van der Waals surface area contributed by atoms with Gasteiger partial charge in [-0.25, -0.2) is 4.99 Å². The summed E-state index contributed by atoms with van der Waals surface area (Å²) >= 11 is 5.92. The third-order valence-electron chi connectivity index (χ3n) is 4.34. The van der Waals surface area contributed by atoms with Gasteiger partial charge in [0.15, 0.2) is 0 Å². The molecule has 5 heteroatoms. The molecule has 4 aromatic rings. The van der Waals surface area contributed by atoms with Crippen molar-refractivity contribution in [1.82, 2.24) is 0 Å². The number of nitrogens with zero attached hydrogens (tertiary/aromatic N) is 1. The van der Waals surface area contributed by atoms with Gasteiger partial charge in [-0.2, -0.15) is 0 Å². The lowest BCUT2D eigenvalue weighted by molar-refractivity contribution is 0.102. The largest absolute Gasteiger partial charge is 0.438 e. The molecule has 0 aliphatic rings. The van der Waals surface area contributed by atoms with Crippen molar-refractivity contribution in [3.05, 3.63) is 101 Å². The highest BCUT2D eigenvalue weighted by Crippen LogP contribution is 2.19. The molecule has 138 valence electrons. The van der Waals surface area contributed by atoms with E-state index >= 15 is 0 Å². The first-order valence-electron chi connectivity index (χ1n) is 8.80. The number of amides is 1. The van der Waals surface area contributed by atoms with Gasteiger partial charge in [0.1, 0.15) is 11.1 Å². The molecule has 0 radical (unpaired) electrons. The lowest BCUT2D eigenvalue weighted by Crippen LogP contribution is -2.21. The summed E-state index contributed by atoms with van der Waals surface area (Å²) < 4.78 is 5.98. The van der Waals surface area contributed by atoms with Crippen molar-refractivity contribution >= 4 is 39.9 Å². The smallest absolute Gasteiger partial charge is 0.261 e. The molecule has 1 amide bonds. The summed E-state index contributed by atoms with van der Waals surface area (Å²) in [6.45, 7) is 1.97. The maximum absolute atomic E-state index is 13.0. The van der Waals surface area contributed by atoms with Crippen LogP contribution in [-0.2, 0) is 0 Å². The van der Waals surface area contributed by atoms with Crippen molar-refractivity contribution in [3.8, 4) is 0 Å². The zero-order valence-electron chi connectivity index (χ0n) is 15.1. The van der Waals surface area contributed by atoms with E-state index < -0.39 is 0 Å². The van der Waals surface area contributed by atoms with Gasteiger partial charge in [0, 0.05) is 16.1 Å². The van der Waals surface area contributed by atoms with Crippen LogP contribution >= 0.6 is 11.6 Å². The van der Waals surface area contributed by atoms with Crippen LogP contribution in [0.1, 0.15) is 15.9 Å². The summed E-state index contributed by atoms with van der Waals surface area (Å²) in [6, 6.07) is 24.0. The van der Waals surface area contributed by atoms with Crippen molar-refractivity contribution in [2.75, 3.05) is 5.32 Å². The van der Waals surface area contributed by atoms with Crippen molar-refractivity contribution in [2.45, 2.75) is 6.92 Å². The maximum Gasteiger partial charge on any atom is 0.261 e. The summed E-state index contributed by atoms with van der Waals surface area (Å²) in [5.74, 6) is -0.302. The van der Waals surface area contributed by atoms with Crippen molar-refractivity contribution in [2.24, 2.45) is 4.99 Å². The van der Waals surface area contributed by atoms with Crippen LogP contribution in [-0.4, -0.2) is 5.91 Å². The molecule has 0 unspecified atom stereocenters. The average Bonchev–Trinajstić information content (AvgIpc) is 2.71. The lowest BCUT2D eigenvalue weighted by atomic mass is 10.1. The zero-order valence-corrected chi connectivity index (χ0v) is 15.9. The Kier molecular flexibility index (Phi) is 4.96. The molecule has 0 spiro atoms. The third-order valence-corrected chi connectivity index (χ3v) is 4.59. The Balaban J connectivity index is 1.84. The zero-order chi connectivity index (χ0) is 19.5. The number of nitrogens with one attached hydrogen (secondary N) is 1. The minimum Gasteiger partial charge on any atom is -0.438 e. The Bertz CT molecular complexity index is 1230. The maximum atomic E-state index is 13.0. The van der Waals surface area contributed by atoms with Gasteiger partial charge >= 0.3 is 0 Å². The van der Waals surface area contributed by atoms with E-state index in [1.165, 1.54) is 0 Å². The highest BCUT2D eigenvalue weighted by atomic mass is 35.5. The molecule has 0 aliphatic carbocycles. The number of hydrogen-bond donors (Lipinski definition) is 1. The Labute approximate surface area is 167 Å². The summed E-state index contributed by atoms with van der Waals surface area (Å²) in [6.07, 6.45) is 0. The fourth-order valence-electron chi connectivity index (χ4n) is 2.84. The number of fused-ring (bicyclic) bond motifs is 1. The van der Waals surface area contributed by atoms with Crippen LogP contribution in [0.15, 0.2) is 88.3 Å². The summed E-state index contributed by atoms with van der Waals surface area (Å²) in [5.41, 5.74) is 3.68. The van der Waals surface area contributed by atoms with Crippen LogP contribution in [0.4, 0.5) is 11.4 Å². The molecule has 28 heavy (non-hydrogen) atoms. The molecule has 0 fully saturated rings. The molecular weight excluding hydrogens is 372 g/mol. The van der Waals surface area contributed by atoms with Crippen LogP contribution in [0.2, 0.25) is 5.02 Å². The summed E-state index contributed by atoms with van der Waals surface area (Å²) in [4.78, 5) is 17.6. The van der Waals surface area contributed by atoms with E-state index in [9.17, 15) is 4.79 Å². The minimum atomic E-state index is -0.302. The Morgan fingerprint density at radius 1 is 0.964 bits per heavy atom. The Morgan fingerprint density at radius 3 is 2.46 bits per heavy atom. The molecule has 3 aromatic carbocycles. The second-order valence-electron chi connectivity index (χ2n) is 6.36. The molecule has 0 atom stereocenters. The van der Waals surface area contributed by atoms with Crippen molar-refractivity contribution in [3.63, 3.8) is 0 Å². The van der Waals surface area contributed by atoms with Gasteiger partial charge in [-0.05, 0) is 55.0 Å². The minimum absolute atomic E-state index is 0.263. The number of aryl methyl sites for hydroxylation is 1. The van der Waals surface area contributed by atoms with Gasteiger partial charge in [0.2, 0.25) is 5.55 Å². The van der Waals surface area contributed by atoms with Crippen LogP contribution in [0, 0.1) is 6.92 Å². The van der Waals surface area contributed by atoms with E-state index in [0.717, 1.165) is 16.6 Å². The molecule has 1 aromatic heterocycles. The molecular formula is C23H17ClN2O2. The molecule has 1 heterocycles. The molecule has 4 nitrogen and oxygen atoms in total. The van der Waals surface area contributed by atoms with E-state index in [2.05, 4.69) is 10.3 Å². The first-order valence-corrected chi connectivity index (χ1v) is 9.18. The van der Waals surface area contributed by atoms with E-state index in [1.807, 2.05) is 55.5 Å². The first kappa shape index (κ1) is 18.0. The monoisotopic (exact) mass is 388 g/mol. The Hall–Kier alpha value is -3.37. The number of rotatable bonds is 3. The highest BCUT2D eigenvalue weighted by molar-refractivity contribution is 6.30. The van der Waals surface area contributed by atoms with Gasteiger partial charge in [0.25, 0.3) is 5.91 Å². The topological polar surface area (TPSA) is 54.6 Å². The van der Waals surface area contributed by atoms with Crippen LogP contribution in [0.3, 0.4) is 0 Å². The molecule has 1 N–H and O–H groups in total. The normalized spacial score (nSPS) is 11.6. The number of carbonyl (C=O) groups excluding carboxylic acids is 1. The van der Waals surface area contributed by atoms with E-state index in [1.54, 1.807) is 30.3 Å². The number of hydrogen-bond acceptors (Lipinski definition) is 3. The van der Waals surface area contributed by atoms with Crippen LogP contribution in [0.25, 0.3) is 11.0 Å². The third kappa shape index (κ3) is 3.82. The lowest BCUT2D eigenvalue weighted by Gasteiger charge is -2.07. The molecule has 0 bridgehead atoms. The van der Waals surface area contributed by atoms with Crippen LogP contribution in [0.5, 0.6) is 0 Å². The van der Waals surface area contributed by atoms with Crippen LogP contribution < -0.4 is 10.9 Å². The van der Waals surface area contributed by atoms with Crippen molar-refractivity contribution < 1.29 is 9.21 Å². The average molecular weight is 389 g/mol. The summed E-state index contributed by atoms with van der Waals surface area (Å²) in [7, 11) is 0. The van der Waals surface area contributed by atoms with Gasteiger partial charge in [-0.3, -0.25) is 4.79 Å². The van der Waals surface area contributed by atoms with Crippen molar-refractivity contribution in [1.29, 1.82) is 0 Å². The van der Waals surface area contributed by atoms with E-state index in [0.29, 0.717) is 21.9 Å². The standard InChI is InChI=1S/C23H17ClN2O2/c1-15-6-2-4-8-20(15)26-23-19(14-16-7-3-5-9-21(16)28-23)22(27)25-18-12-10-17(24)11-13-18/h2-14H,1H3,(H,25,27). The molecule has 0 saturated heterocycles. The molecule has 4 rings (SSSR count). The highest BCUT2D eigenvalue weighted by Gasteiger charge is 2.13. The fourth-order valence-corrected chi connectivity index (χ4v) is 2.97. The second-order valence-corrected chi connectivity index (χ2v) is 6.80. The predicted octanol–water partition coefficient (Wildman–Crippen LogP) is 5.88. The Morgan fingerprint density at radius 2 is 1.68 bits per heavy atom. The molecule has 0 saturated carbocycles. The first-order chi connectivity index (χ1) is 13.6. The van der Waals surface area contributed by atoms with Gasteiger partial charge in [0.05, 0.1) is 5.69 Å². The summed E-state index contributed by atoms with van der Waals surface area (Å²) in [5, 5.41) is 4.31. The fraction of sp³-hybridized carbons (Fsp3) is 0.0435. The van der Waals surface area contributed by atoms with Gasteiger partial charge in [-0.1, -0.05) is 48.0 Å². The van der Waals surface area contributed by atoms with Gasteiger partial charge in [-0.15, -0.1) is 0 Å². The second kappa shape index (κ2) is 7.71. The SMILES string of the molecule is Cc1ccccc1N=c1oc2ccccc2cc1C(=O)Nc1ccc(Cl)cc1.